The normalized spacial score (nSPS) is 18.6. The van der Waals surface area contributed by atoms with E-state index < -0.39 is 0 Å². The average molecular weight is 220 g/mol. The van der Waals surface area contributed by atoms with Crippen LogP contribution in [-0.2, 0) is 0 Å². The molecule has 1 fully saturated rings. The van der Waals surface area contributed by atoms with Gasteiger partial charge in [-0.2, -0.15) is 0 Å². The molecule has 0 aliphatic carbocycles. The van der Waals surface area contributed by atoms with Crippen molar-refractivity contribution in [3.8, 4) is 0 Å². The average Bonchev–Trinajstić information content (AvgIpc) is 1.85. The van der Waals surface area contributed by atoms with Crippen molar-refractivity contribution in [2.24, 2.45) is 0 Å². The number of hydrogen-bond acceptors (Lipinski definition) is 2. The van der Waals surface area contributed by atoms with Crippen LogP contribution in [0, 0.1) is 6.92 Å². The van der Waals surface area contributed by atoms with Crippen LogP contribution in [0.1, 0.15) is 5.56 Å². The van der Waals surface area contributed by atoms with Gasteiger partial charge in [-0.3, -0.25) is 0 Å². The van der Waals surface area contributed by atoms with E-state index in [1.54, 1.807) is 0 Å². The second-order valence-electron chi connectivity index (χ2n) is 2.03. The van der Waals surface area contributed by atoms with Crippen molar-refractivity contribution in [3.63, 3.8) is 0 Å². The van der Waals surface area contributed by atoms with Gasteiger partial charge in [0.1, 0.15) is 0 Å². The van der Waals surface area contributed by atoms with E-state index in [0.29, 0.717) is 0 Å². The van der Waals surface area contributed by atoms with Gasteiger partial charge in [0.2, 0.25) is 0 Å². The molecular formula is C7H10P2S2. The second kappa shape index (κ2) is 6.31. The molecule has 4 heteroatoms. The molecule has 1 aromatic carbocycles. The highest BCUT2D eigenvalue weighted by atomic mass is 33.7. The smallest absolute Gasteiger partial charge is 0.0154 e. The summed E-state index contributed by atoms with van der Waals surface area (Å²) in [4.78, 5) is 0. The molecule has 1 aliphatic heterocycles. The number of rotatable bonds is 0. The van der Waals surface area contributed by atoms with Gasteiger partial charge >= 0.3 is 0 Å². The second-order valence-corrected chi connectivity index (χ2v) is 11.7. The van der Waals surface area contributed by atoms with Crippen LogP contribution < -0.4 is 0 Å². The molecule has 1 aromatic rings. The standard InChI is InChI=1S/C7H8.H2P2S2/c1-7-5-3-2-4-6-7;1-2-4-3-1/h2-6H,1H3;1-2H. The molecule has 0 saturated carbocycles. The summed E-state index contributed by atoms with van der Waals surface area (Å²) < 4.78 is 0. The Labute approximate surface area is 78.7 Å². The minimum absolute atomic E-state index is 1.23. The zero-order chi connectivity index (χ0) is 7.94. The van der Waals surface area contributed by atoms with Gasteiger partial charge in [-0.25, -0.2) is 0 Å². The van der Waals surface area contributed by atoms with Crippen LogP contribution in [0.4, 0.5) is 0 Å². The number of aryl methyl sites for hydroxylation is 1. The fourth-order valence-corrected chi connectivity index (χ4v) is 3.91. The summed E-state index contributed by atoms with van der Waals surface area (Å²) in [5.74, 6) is 0. The van der Waals surface area contributed by atoms with Gasteiger partial charge in [-0.05, 0) is 21.9 Å². The van der Waals surface area contributed by atoms with Gasteiger partial charge in [0, 0.05) is 0 Å². The first-order valence-electron chi connectivity index (χ1n) is 3.24. The molecule has 0 amide bonds. The Morgan fingerprint density at radius 3 is 1.64 bits per heavy atom. The molecule has 2 atom stereocenters. The van der Waals surface area contributed by atoms with E-state index in [2.05, 4.69) is 19.1 Å². The van der Waals surface area contributed by atoms with Gasteiger partial charge in [-0.1, -0.05) is 56.7 Å². The van der Waals surface area contributed by atoms with E-state index in [-0.39, 0.29) is 0 Å². The van der Waals surface area contributed by atoms with Crippen molar-refractivity contribution < 1.29 is 0 Å². The third-order valence-electron chi connectivity index (χ3n) is 1.11. The fraction of sp³-hybridized carbons (Fsp3) is 0.143. The van der Waals surface area contributed by atoms with Gasteiger partial charge in [-0.15, -0.1) is 0 Å². The first-order chi connectivity index (χ1) is 5.39. The van der Waals surface area contributed by atoms with E-state index in [1.165, 1.54) is 20.5 Å². The maximum absolute atomic E-state index is 2.08. The zero-order valence-electron chi connectivity index (χ0n) is 6.20. The quantitative estimate of drug-likeness (QED) is 0.467. The molecule has 60 valence electrons. The minimum Gasteiger partial charge on any atom is -0.0622 e. The molecule has 2 rings (SSSR count). The fourth-order valence-electron chi connectivity index (χ4n) is 0.576. The first kappa shape index (κ1) is 9.86. The Morgan fingerprint density at radius 2 is 1.45 bits per heavy atom. The Kier molecular flexibility index (Phi) is 5.66. The van der Waals surface area contributed by atoms with Crippen molar-refractivity contribution in [2.45, 2.75) is 6.92 Å². The predicted molar refractivity (Wildman–Crippen MR) is 63.0 cm³/mol. The summed E-state index contributed by atoms with van der Waals surface area (Å²) in [6, 6.07) is 10.3. The van der Waals surface area contributed by atoms with E-state index in [0.717, 1.165) is 0 Å². The minimum atomic E-state index is 1.23. The number of benzene rings is 1. The van der Waals surface area contributed by atoms with E-state index in [1.807, 2.05) is 39.0 Å². The lowest BCUT2D eigenvalue weighted by Gasteiger charge is -2.04. The van der Waals surface area contributed by atoms with Gasteiger partial charge in [0.25, 0.3) is 0 Å². The summed E-state index contributed by atoms with van der Waals surface area (Å²) in [6.45, 7) is 2.08. The molecule has 2 unspecified atom stereocenters. The Morgan fingerprint density at radius 1 is 1.00 bits per heavy atom. The Bertz CT molecular complexity index is 183. The maximum Gasteiger partial charge on any atom is -0.0154 e. The van der Waals surface area contributed by atoms with Crippen molar-refractivity contribution in [1.29, 1.82) is 0 Å². The summed E-state index contributed by atoms with van der Waals surface area (Å²) >= 11 is 0. The predicted octanol–water partition coefficient (Wildman–Crippen LogP) is 4.48. The zero-order valence-corrected chi connectivity index (χ0v) is 9.84. The largest absolute Gasteiger partial charge is 0.0622 e. The molecule has 1 heterocycles. The molecule has 0 N–H and O–H groups in total. The van der Waals surface area contributed by atoms with E-state index in [4.69, 9.17) is 0 Å². The molecule has 0 aromatic heterocycles. The molecule has 1 saturated heterocycles. The summed E-state index contributed by atoms with van der Waals surface area (Å²) in [6.07, 6.45) is 0. The lowest BCUT2D eigenvalue weighted by atomic mass is 10.2. The Balaban J connectivity index is 0.000000128. The lowest BCUT2D eigenvalue weighted by Crippen LogP contribution is -1.62. The lowest BCUT2D eigenvalue weighted by molar-refractivity contribution is 1.48. The van der Waals surface area contributed by atoms with Gasteiger partial charge in [0.15, 0.2) is 0 Å². The summed E-state index contributed by atoms with van der Waals surface area (Å²) in [7, 11) is 6.44. The van der Waals surface area contributed by atoms with Crippen molar-refractivity contribution in [1.82, 2.24) is 0 Å². The van der Waals surface area contributed by atoms with E-state index >= 15 is 0 Å². The molecular weight excluding hydrogens is 210 g/mol. The third-order valence-corrected chi connectivity index (χ3v) is 14.4. The highest BCUT2D eigenvalue weighted by Gasteiger charge is 1.96. The van der Waals surface area contributed by atoms with E-state index in [9.17, 15) is 0 Å². The SMILES string of the molecule is Cc1ccccc1.P1PSS1. The highest BCUT2D eigenvalue weighted by molar-refractivity contribution is 9.31. The molecule has 0 bridgehead atoms. The van der Waals surface area contributed by atoms with Crippen LogP contribution in [0.3, 0.4) is 0 Å². The van der Waals surface area contributed by atoms with Crippen molar-refractivity contribution in [2.75, 3.05) is 0 Å². The van der Waals surface area contributed by atoms with Crippen LogP contribution >= 0.6 is 35.8 Å². The van der Waals surface area contributed by atoms with Gasteiger partial charge < -0.3 is 0 Å². The Hall–Kier alpha value is 0.780. The number of hydrogen-bond donors (Lipinski definition) is 0. The third kappa shape index (κ3) is 5.09. The molecule has 1 aliphatic rings. The van der Waals surface area contributed by atoms with Crippen molar-refractivity contribution in [3.05, 3.63) is 35.9 Å². The molecule has 0 nitrogen and oxygen atoms in total. The van der Waals surface area contributed by atoms with Crippen LogP contribution in [0.15, 0.2) is 30.3 Å². The molecule has 0 spiro atoms. The monoisotopic (exact) mass is 220 g/mol. The summed E-state index contributed by atoms with van der Waals surface area (Å²) in [5.41, 5.74) is 1.32. The highest BCUT2D eigenvalue weighted by Crippen LogP contribution is 2.76. The summed E-state index contributed by atoms with van der Waals surface area (Å²) in [5, 5.41) is 0. The van der Waals surface area contributed by atoms with Gasteiger partial charge in [0.05, 0.1) is 0 Å². The molecule has 0 radical (unpaired) electrons. The topological polar surface area (TPSA) is 0 Å². The van der Waals surface area contributed by atoms with Crippen LogP contribution in [0.5, 0.6) is 0 Å². The van der Waals surface area contributed by atoms with Crippen molar-refractivity contribution >= 4 is 35.8 Å². The molecule has 11 heavy (non-hydrogen) atoms. The van der Waals surface area contributed by atoms with Crippen LogP contribution in [0.2, 0.25) is 0 Å². The maximum atomic E-state index is 2.08. The van der Waals surface area contributed by atoms with Crippen LogP contribution in [0.25, 0.3) is 0 Å². The first-order valence-corrected chi connectivity index (χ1v) is 9.83. The van der Waals surface area contributed by atoms with Crippen LogP contribution in [-0.4, -0.2) is 0 Å².